The molecule has 1 saturated heterocycles. The number of rotatable bonds is 3. The molecule has 0 aliphatic carbocycles. The molecule has 0 bridgehead atoms. The summed E-state index contributed by atoms with van der Waals surface area (Å²) in [5, 5.41) is 12.1. The van der Waals surface area contributed by atoms with Gasteiger partial charge in [-0.3, -0.25) is 0 Å². The van der Waals surface area contributed by atoms with Crippen LogP contribution in [0.2, 0.25) is 0 Å². The van der Waals surface area contributed by atoms with Crippen molar-refractivity contribution >= 4 is 11.6 Å². The van der Waals surface area contributed by atoms with Crippen molar-refractivity contribution in [2.45, 2.75) is 6.10 Å². The lowest BCUT2D eigenvalue weighted by molar-refractivity contribution is 0.00337. The quantitative estimate of drug-likeness (QED) is 0.773. The summed E-state index contributed by atoms with van der Waals surface area (Å²) in [4.78, 5) is 6.59. The number of pyridine rings is 1. The lowest BCUT2D eigenvalue weighted by atomic mass is 10.3. The third-order valence-corrected chi connectivity index (χ3v) is 2.66. The molecule has 1 aliphatic heterocycles. The van der Waals surface area contributed by atoms with Crippen LogP contribution in [0.1, 0.15) is 0 Å². The van der Waals surface area contributed by atoms with Crippen molar-refractivity contribution < 1.29 is 9.84 Å². The van der Waals surface area contributed by atoms with Crippen molar-refractivity contribution in [1.82, 2.24) is 4.98 Å². The Morgan fingerprint density at radius 1 is 1.62 bits per heavy atom. The Balaban J connectivity index is 2.10. The molecule has 0 radical (unpaired) electrons. The number of morpholine rings is 1. The number of nitrogens with zero attached hydrogens (tertiary/aromatic N) is 2. The zero-order valence-corrected chi connectivity index (χ0v) is 9.39. The molecule has 0 saturated carbocycles. The van der Waals surface area contributed by atoms with Gasteiger partial charge < -0.3 is 20.1 Å². The molecule has 0 amide bonds. The van der Waals surface area contributed by atoms with Crippen LogP contribution < -0.4 is 10.2 Å². The molecule has 5 nitrogen and oxygen atoms in total. The Hall–Kier alpha value is -1.33. The topological polar surface area (TPSA) is 57.6 Å². The second kappa shape index (κ2) is 5.14. The third kappa shape index (κ3) is 2.43. The average molecular weight is 223 g/mol. The predicted molar refractivity (Wildman–Crippen MR) is 62.8 cm³/mol. The highest BCUT2D eigenvalue weighted by Crippen LogP contribution is 2.17. The highest BCUT2D eigenvalue weighted by molar-refractivity contribution is 5.47. The zero-order chi connectivity index (χ0) is 11.4. The van der Waals surface area contributed by atoms with E-state index in [0.29, 0.717) is 13.2 Å². The standard InChI is InChI=1S/C11H17N3O2/c1-12-10-3-2-4-11(13-10)14-5-6-16-9(7-14)8-15/h2-4,9,15H,5-8H2,1H3,(H,12,13). The molecule has 2 rings (SSSR count). The summed E-state index contributed by atoms with van der Waals surface area (Å²) in [6.45, 7) is 2.20. The van der Waals surface area contributed by atoms with Gasteiger partial charge in [0.15, 0.2) is 0 Å². The van der Waals surface area contributed by atoms with E-state index in [9.17, 15) is 0 Å². The van der Waals surface area contributed by atoms with Crippen LogP contribution in [0.3, 0.4) is 0 Å². The molecule has 1 atom stereocenters. The Morgan fingerprint density at radius 2 is 2.50 bits per heavy atom. The van der Waals surface area contributed by atoms with Gasteiger partial charge in [-0.15, -0.1) is 0 Å². The van der Waals surface area contributed by atoms with Crippen molar-refractivity contribution in [3.05, 3.63) is 18.2 Å². The fourth-order valence-corrected chi connectivity index (χ4v) is 1.78. The van der Waals surface area contributed by atoms with Crippen molar-refractivity contribution in [3.63, 3.8) is 0 Å². The first-order chi connectivity index (χ1) is 7.83. The van der Waals surface area contributed by atoms with E-state index in [2.05, 4.69) is 15.2 Å². The van der Waals surface area contributed by atoms with Gasteiger partial charge >= 0.3 is 0 Å². The third-order valence-electron chi connectivity index (χ3n) is 2.66. The number of hydrogen-bond acceptors (Lipinski definition) is 5. The number of aromatic nitrogens is 1. The van der Waals surface area contributed by atoms with Gasteiger partial charge in [0.2, 0.25) is 0 Å². The summed E-state index contributed by atoms with van der Waals surface area (Å²) in [6.07, 6.45) is -0.103. The van der Waals surface area contributed by atoms with Gasteiger partial charge in [0.25, 0.3) is 0 Å². The van der Waals surface area contributed by atoms with E-state index in [1.165, 1.54) is 0 Å². The summed E-state index contributed by atoms with van der Waals surface area (Å²) in [5.41, 5.74) is 0. The van der Waals surface area contributed by atoms with Crippen LogP contribution in [0.4, 0.5) is 11.6 Å². The molecular weight excluding hydrogens is 206 g/mol. The van der Waals surface area contributed by atoms with E-state index in [1.54, 1.807) is 0 Å². The summed E-state index contributed by atoms with van der Waals surface area (Å²) >= 11 is 0. The molecule has 2 heterocycles. The largest absolute Gasteiger partial charge is 0.394 e. The van der Waals surface area contributed by atoms with Gasteiger partial charge in [0.05, 0.1) is 19.3 Å². The van der Waals surface area contributed by atoms with Crippen molar-refractivity contribution in [2.24, 2.45) is 0 Å². The van der Waals surface area contributed by atoms with Crippen LogP contribution in [-0.4, -0.2) is 49.5 Å². The summed E-state index contributed by atoms with van der Waals surface area (Å²) in [5.74, 6) is 1.78. The molecular formula is C11H17N3O2. The molecule has 1 aromatic heterocycles. The van der Waals surface area contributed by atoms with E-state index in [4.69, 9.17) is 9.84 Å². The number of hydrogen-bond donors (Lipinski definition) is 2. The minimum absolute atomic E-state index is 0.0578. The maximum Gasteiger partial charge on any atom is 0.131 e. The Kier molecular flexibility index (Phi) is 3.58. The molecule has 1 fully saturated rings. The van der Waals surface area contributed by atoms with Crippen LogP contribution in [0.15, 0.2) is 18.2 Å². The first kappa shape index (κ1) is 11.2. The molecule has 1 unspecified atom stereocenters. The average Bonchev–Trinajstić information content (AvgIpc) is 2.39. The second-order valence-corrected chi connectivity index (χ2v) is 3.75. The molecule has 88 valence electrons. The lowest BCUT2D eigenvalue weighted by Gasteiger charge is -2.32. The SMILES string of the molecule is CNc1cccc(N2CCOC(CO)C2)n1. The van der Waals surface area contributed by atoms with Crippen LogP contribution in [-0.2, 0) is 4.74 Å². The van der Waals surface area contributed by atoms with Crippen LogP contribution in [0, 0.1) is 0 Å². The van der Waals surface area contributed by atoms with Gasteiger partial charge in [-0.05, 0) is 12.1 Å². The fourth-order valence-electron chi connectivity index (χ4n) is 1.78. The second-order valence-electron chi connectivity index (χ2n) is 3.75. The number of nitrogens with one attached hydrogen (secondary N) is 1. The Morgan fingerprint density at radius 3 is 3.25 bits per heavy atom. The fraction of sp³-hybridized carbons (Fsp3) is 0.545. The van der Waals surface area contributed by atoms with E-state index in [-0.39, 0.29) is 12.7 Å². The molecule has 0 aromatic carbocycles. The smallest absolute Gasteiger partial charge is 0.131 e. The summed E-state index contributed by atoms with van der Waals surface area (Å²) in [7, 11) is 1.85. The minimum Gasteiger partial charge on any atom is -0.394 e. The number of anilines is 2. The van der Waals surface area contributed by atoms with Crippen molar-refractivity contribution in [2.75, 3.05) is 43.6 Å². The first-order valence-electron chi connectivity index (χ1n) is 5.45. The molecule has 16 heavy (non-hydrogen) atoms. The Bertz CT molecular complexity index is 346. The minimum atomic E-state index is -0.103. The molecule has 0 spiro atoms. The Labute approximate surface area is 95.1 Å². The summed E-state index contributed by atoms with van der Waals surface area (Å²) < 4.78 is 5.40. The number of aliphatic hydroxyl groups is 1. The molecule has 1 aromatic rings. The highest BCUT2D eigenvalue weighted by Gasteiger charge is 2.20. The monoisotopic (exact) mass is 223 g/mol. The van der Waals surface area contributed by atoms with Gasteiger partial charge in [-0.25, -0.2) is 4.98 Å². The van der Waals surface area contributed by atoms with E-state index in [0.717, 1.165) is 18.2 Å². The normalized spacial score (nSPS) is 20.9. The number of ether oxygens (including phenoxy) is 1. The maximum atomic E-state index is 9.07. The van der Waals surface area contributed by atoms with Crippen molar-refractivity contribution in [1.29, 1.82) is 0 Å². The zero-order valence-electron chi connectivity index (χ0n) is 9.39. The number of aliphatic hydroxyl groups excluding tert-OH is 1. The molecule has 1 aliphatic rings. The van der Waals surface area contributed by atoms with Crippen LogP contribution >= 0.6 is 0 Å². The first-order valence-corrected chi connectivity index (χ1v) is 5.45. The highest BCUT2D eigenvalue weighted by atomic mass is 16.5. The van der Waals surface area contributed by atoms with Crippen molar-refractivity contribution in [3.8, 4) is 0 Å². The van der Waals surface area contributed by atoms with Gasteiger partial charge in [0.1, 0.15) is 11.6 Å². The summed E-state index contributed by atoms with van der Waals surface area (Å²) in [6, 6.07) is 5.87. The van der Waals surface area contributed by atoms with E-state index < -0.39 is 0 Å². The van der Waals surface area contributed by atoms with Gasteiger partial charge in [-0.1, -0.05) is 6.07 Å². The van der Waals surface area contributed by atoms with Gasteiger partial charge in [-0.2, -0.15) is 0 Å². The van der Waals surface area contributed by atoms with Crippen LogP contribution in [0.25, 0.3) is 0 Å². The maximum absolute atomic E-state index is 9.07. The van der Waals surface area contributed by atoms with Crippen LogP contribution in [0.5, 0.6) is 0 Å². The van der Waals surface area contributed by atoms with Gasteiger partial charge in [0, 0.05) is 20.1 Å². The predicted octanol–water partition coefficient (Wildman–Crippen LogP) is 0.321. The van der Waals surface area contributed by atoms with E-state index in [1.807, 2.05) is 25.2 Å². The lowest BCUT2D eigenvalue weighted by Crippen LogP contribution is -2.44. The molecule has 5 heteroatoms. The van der Waals surface area contributed by atoms with E-state index >= 15 is 0 Å². The molecule has 2 N–H and O–H groups in total.